The van der Waals surface area contributed by atoms with Crippen LogP contribution in [0, 0.1) is 17.8 Å². The summed E-state index contributed by atoms with van der Waals surface area (Å²) >= 11 is 0. The number of rotatable bonds is 9. The van der Waals surface area contributed by atoms with Crippen molar-refractivity contribution in [3.63, 3.8) is 0 Å². The number of hydrogen-bond donors (Lipinski definition) is 0. The fourth-order valence-electron chi connectivity index (χ4n) is 3.49. The Labute approximate surface area is 221 Å². The molecule has 20 heteroatoms. The summed E-state index contributed by atoms with van der Waals surface area (Å²) < 4.78 is 170. The predicted molar refractivity (Wildman–Crippen MR) is 105 cm³/mol. The average molecular weight is 628 g/mol. The first kappa shape index (κ1) is 35.8. The van der Waals surface area contributed by atoms with Gasteiger partial charge in [0.2, 0.25) is 0 Å². The molecular formula is C21H20F12O8. The minimum absolute atomic E-state index is 0.104. The molecule has 0 heterocycles. The molecule has 0 aromatic heterocycles. The Hall–Kier alpha value is -3.22. The summed E-state index contributed by atoms with van der Waals surface area (Å²) in [5.41, 5.74) is -0.104. The first-order chi connectivity index (χ1) is 18.4. The van der Waals surface area contributed by atoms with Gasteiger partial charge in [-0.05, 0) is 26.2 Å². The van der Waals surface area contributed by atoms with Crippen molar-refractivity contribution in [2.45, 2.75) is 63.1 Å². The number of carbonyl (C=O) groups is 4. The van der Waals surface area contributed by atoms with E-state index in [4.69, 9.17) is 0 Å². The largest absolute Gasteiger partial charge is 0.462 e. The Morgan fingerprint density at radius 3 is 1.49 bits per heavy atom. The second-order valence-electron chi connectivity index (χ2n) is 8.61. The standard InChI is InChI=1S/C21H20F12O8/c1-8(2)12(34)38-5-6-39-14(36)11-7-9(13(35)40-16(18(22,23)24)19(25,26)27)3-4-10(11)15(37)41-17(20(28,29)30)21(31,32)33/h9-11,16-17H,1,3-7H2,2H3. The second-order valence-corrected chi connectivity index (χ2v) is 8.61. The molecular weight excluding hydrogens is 608 g/mol. The monoisotopic (exact) mass is 628 g/mol. The van der Waals surface area contributed by atoms with Crippen LogP contribution in [0.1, 0.15) is 26.2 Å². The molecule has 0 spiro atoms. The minimum Gasteiger partial charge on any atom is -0.462 e. The van der Waals surface area contributed by atoms with Crippen LogP contribution >= 0.6 is 0 Å². The third kappa shape index (κ3) is 10.6. The molecule has 41 heavy (non-hydrogen) atoms. The van der Waals surface area contributed by atoms with E-state index in [0.717, 1.165) is 0 Å². The Kier molecular flexibility index (Phi) is 11.5. The van der Waals surface area contributed by atoms with Crippen molar-refractivity contribution in [2.24, 2.45) is 17.8 Å². The molecule has 0 aromatic carbocycles. The van der Waals surface area contributed by atoms with Crippen molar-refractivity contribution in [3.8, 4) is 0 Å². The predicted octanol–water partition coefficient (Wildman–Crippen LogP) is 4.75. The van der Waals surface area contributed by atoms with Crippen LogP contribution in [-0.4, -0.2) is 74.0 Å². The van der Waals surface area contributed by atoms with Gasteiger partial charge in [-0.3, -0.25) is 14.4 Å². The molecule has 1 aliphatic carbocycles. The van der Waals surface area contributed by atoms with Crippen molar-refractivity contribution in [3.05, 3.63) is 12.2 Å². The van der Waals surface area contributed by atoms with Gasteiger partial charge in [-0.2, -0.15) is 52.7 Å². The van der Waals surface area contributed by atoms with Gasteiger partial charge in [-0.25, -0.2) is 4.79 Å². The zero-order valence-electron chi connectivity index (χ0n) is 20.4. The van der Waals surface area contributed by atoms with Gasteiger partial charge >= 0.3 is 48.6 Å². The van der Waals surface area contributed by atoms with Crippen LogP contribution in [0.25, 0.3) is 0 Å². The van der Waals surface area contributed by atoms with Gasteiger partial charge in [0.15, 0.2) is 0 Å². The first-order valence-electron chi connectivity index (χ1n) is 11.0. The molecule has 0 bridgehead atoms. The molecule has 0 amide bonds. The highest BCUT2D eigenvalue weighted by Crippen LogP contribution is 2.42. The number of hydrogen-bond acceptors (Lipinski definition) is 8. The summed E-state index contributed by atoms with van der Waals surface area (Å²) in [6.07, 6.45) is -36.9. The Morgan fingerprint density at radius 2 is 1.07 bits per heavy atom. The van der Waals surface area contributed by atoms with Gasteiger partial charge in [-0.1, -0.05) is 6.58 Å². The fourth-order valence-corrected chi connectivity index (χ4v) is 3.49. The van der Waals surface area contributed by atoms with E-state index in [2.05, 4.69) is 25.5 Å². The Balaban J connectivity index is 3.19. The molecule has 0 radical (unpaired) electrons. The number of alkyl halides is 12. The zero-order valence-corrected chi connectivity index (χ0v) is 20.4. The van der Waals surface area contributed by atoms with Crippen molar-refractivity contribution >= 4 is 23.9 Å². The molecule has 1 saturated carbocycles. The van der Waals surface area contributed by atoms with Crippen LogP contribution in [0.3, 0.4) is 0 Å². The lowest BCUT2D eigenvalue weighted by Crippen LogP contribution is -2.49. The topological polar surface area (TPSA) is 105 Å². The van der Waals surface area contributed by atoms with Crippen LogP contribution in [0.15, 0.2) is 12.2 Å². The highest BCUT2D eigenvalue weighted by molar-refractivity contribution is 5.87. The van der Waals surface area contributed by atoms with Gasteiger partial charge in [0.25, 0.3) is 12.2 Å². The lowest BCUT2D eigenvalue weighted by Gasteiger charge is -2.34. The lowest BCUT2D eigenvalue weighted by atomic mass is 9.74. The maximum atomic E-state index is 12.8. The van der Waals surface area contributed by atoms with Gasteiger partial charge in [-0.15, -0.1) is 0 Å². The number of esters is 4. The average Bonchev–Trinajstić information content (AvgIpc) is 2.79. The minimum atomic E-state index is -6.16. The van der Waals surface area contributed by atoms with E-state index in [-0.39, 0.29) is 5.57 Å². The fraction of sp³-hybridized carbons (Fsp3) is 0.714. The van der Waals surface area contributed by atoms with Gasteiger partial charge < -0.3 is 18.9 Å². The van der Waals surface area contributed by atoms with E-state index in [9.17, 15) is 71.9 Å². The highest BCUT2D eigenvalue weighted by atomic mass is 19.4. The molecule has 1 rings (SSSR count). The number of halogens is 12. The third-order valence-electron chi connectivity index (χ3n) is 5.36. The van der Waals surface area contributed by atoms with Crippen molar-refractivity contribution in [1.29, 1.82) is 0 Å². The lowest BCUT2D eigenvalue weighted by molar-refractivity contribution is -0.316. The van der Waals surface area contributed by atoms with Crippen LogP contribution in [-0.2, 0) is 38.1 Å². The van der Waals surface area contributed by atoms with Gasteiger partial charge in [0.05, 0.1) is 17.8 Å². The first-order valence-corrected chi connectivity index (χ1v) is 11.0. The van der Waals surface area contributed by atoms with Crippen LogP contribution in [0.5, 0.6) is 0 Å². The van der Waals surface area contributed by atoms with Crippen LogP contribution in [0.2, 0.25) is 0 Å². The highest BCUT2D eigenvalue weighted by Gasteiger charge is 2.62. The van der Waals surface area contributed by atoms with E-state index in [0.29, 0.717) is 0 Å². The third-order valence-corrected chi connectivity index (χ3v) is 5.36. The molecule has 0 aliphatic heterocycles. The van der Waals surface area contributed by atoms with E-state index >= 15 is 0 Å². The SMILES string of the molecule is C=C(C)C(=O)OCCOC(=O)C1CC(C(=O)OC(C(F)(F)F)C(F)(F)F)CCC1C(=O)OC(C(F)(F)F)C(F)(F)F. The van der Waals surface area contributed by atoms with Crippen LogP contribution < -0.4 is 0 Å². The molecule has 0 saturated heterocycles. The van der Waals surface area contributed by atoms with E-state index < -0.39 is 111 Å². The molecule has 1 fully saturated rings. The molecule has 0 aromatic rings. The summed E-state index contributed by atoms with van der Waals surface area (Å²) in [5, 5.41) is 0. The summed E-state index contributed by atoms with van der Waals surface area (Å²) in [5.74, 6) is -13.5. The van der Waals surface area contributed by atoms with E-state index in [1.54, 1.807) is 0 Å². The van der Waals surface area contributed by atoms with Crippen LogP contribution in [0.4, 0.5) is 52.7 Å². The molecule has 0 N–H and O–H groups in total. The van der Waals surface area contributed by atoms with Crippen molar-refractivity contribution in [1.82, 2.24) is 0 Å². The summed E-state index contributed by atoms with van der Waals surface area (Å²) in [6.45, 7) is 2.94. The van der Waals surface area contributed by atoms with Gasteiger partial charge in [0, 0.05) is 5.57 Å². The molecule has 3 atom stereocenters. The Bertz CT molecular complexity index is 955. The summed E-state index contributed by atoms with van der Waals surface area (Å²) in [7, 11) is 0. The summed E-state index contributed by atoms with van der Waals surface area (Å²) in [6, 6.07) is 0. The van der Waals surface area contributed by atoms with E-state index in [1.165, 1.54) is 6.92 Å². The smallest absolute Gasteiger partial charge is 0.434 e. The Morgan fingerprint density at radius 1 is 0.659 bits per heavy atom. The second kappa shape index (κ2) is 13.2. The molecule has 3 unspecified atom stereocenters. The van der Waals surface area contributed by atoms with Crippen molar-refractivity contribution in [2.75, 3.05) is 13.2 Å². The molecule has 8 nitrogen and oxygen atoms in total. The molecule has 236 valence electrons. The number of ether oxygens (including phenoxy) is 4. The molecule has 1 aliphatic rings. The van der Waals surface area contributed by atoms with Gasteiger partial charge in [0.1, 0.15) is 13.2 Å². The van der Waals surface area contributed by atoms with Crippen molar-refractivity contribution < 1.29 is 90.8 Å². The normalized spacial score (nSPS) is 20.4. The maximum absolute atomic E-state index is 12.8. The summed E-state index contributed by atoms with van der Waals surface area (Å²) in [4.78, 5) is 48.3. The maximum Gasteiger partial charge on any atom is 0.434 e. The number of carbonyl (C=O) groups excluding carboxylic acids is 4. The zero-order chi connectivity index (χ0) is 32.1. The quantitative estimate of drug-likeness (QED) is 0.119. The van der Waals surface area contributed by atoms with E-state index in [1.807, 2.05) is 0 Å².